The maximum Gasteiger partial charge on any atom is 0.307 e. The first-order valence-corrected chi connectivity index (χ1v) is 6.80. The van der Waals surface area contributed by atoms with Gasteiger partial charge in [-0.3, -0.25) is 4.79 Å². The van der Waals surface area contributed by atoms with Gasteiger partial charge >= 0.3 is 5.97 Å². The number of hydrogen-bond donors (Lipinski definition) is 2. The molecule has 1 saturated heterocycles. The molecule has 4 heteroatoms. The molecule has 1 aromatic carbocycles. The van der Waals surface area contributed by atoms with Gasteiger partial charge in [-0.15, -0.1) is 0 Å². The van der Waals surface area contributed by atoms with Crippen LogP contribution in [-0.4, -0.2) is 30.8 Å². The molecular weight excluding hydrogens is 242 g/mol. The Balaban J connectivity index is 1.91. The molecule has 19 heavy (non-hydrogen) atoms. The van der Waals surface area contributed by atoms with E-state index in [1.807, 2.05) is 25.1 Å². The lowest BCUT2D eigenvalue weighted by molar-refractivity contribution is -0.136. The second kappa shape index (κ2) is 6.57. The van der Waals surface area contributed by atoms with Gasteiger partial charge in [-0.05, 0) is 43.5 Å². The van der Waals surface area contributed by atoms with Crippen LogP contribution in [0, 0.1) is 12.8 Å². The van der Waals surface area contributed by atoms with Gasteiger partial charge in [0.2, 0.25) is 0 Å². The van der Waals surface area contributed by atoms with E-state index in [2.05, 4.69) is 5.32 Å². The second-order valence-corrected chi connectivity index (χ2v) is 5.19. The molecule has 1 heterocycles. The summed E-state index contributed by atoms with van der Waals surface area (Å²) < 4.78 is 5.85. The summed E-state index contributed by atoms with van der Waals surface area (Å²) in [4.78, 5) is 10.7. The zero-order valence-electron chi connectivity index (χ0n) is 11.3. The Morgan fingerprint density at radius 1 is 1.53 bits per heavy atom. The first-order valence-electron chi connectivity index (χ1n) is 6.80. The zero-order valence-corrected chi connectivity index (χ0v) is 11.3. The lowest BCUT2D eigenvalue weighted by Gasteiger charge is -2.23. The number of benzene rings is 1. The van der Waals surface area contributed by atoms with Gasteiger partial charge in [0.25, 0.3) is 0 Å². The maximum atomic E-state index is 10.7. The van der Waals surface area contributed by atoms with Crippen molar-refractivity contribution in [1.82, 2.24) is 5.32 Å². The van der Waals surface area contributed by atoms with Gasteiger partial charge in [0.15, 0.2) is 0 Å². The molecule has 1 fully saturated rings. The molecule has 0 spiro atoms. The van der Waals surface area contributed by atoms with Gasteiger partial charge in [0.05, 0.1) is 13.0 Å². The number of hydrogen-bond acceptors (Lipinski definition) is 3. The van der Waals surface area contributed by atoms with Gasteiger partial charge in [-0.1, -0.05) is 12.1 Å². The quantitative estimate of drug-likeness (QED) is 0.853. The van der Waals surface area contributed by atoms with E-state index in [-0.39, 0.29) is 6.42 Å². The summed E-state index contributed by atoms with van der Waals surface area (Å²) in [6, 6.07) is 5.60. The number of carbonyl (C=O) groups is 1. The number of nitrogens with one attached hydrogen (secondary N) is 1. The van der Waals surface area contributed by atoms with Crippen molar-refractivity contribution < 1.29 is 14.6 Å². The number of carboxylic acid groups (broad SMARTS) is 1. The van der Waals surface area contributed by atoms with Crippen LogP contribution in [0.1, 0.15) is 24.0 Å². The fourth-order valence-electron chi connectivity index (χ4n) is 2.43. The third-order valence-corrected chi connectivity index (χ3v) is 3.47. The predicted octanol–water partition coefficient (Wildman–Crippen LogP) is 2.00. The van der Waals surface area contributed by atoms with E-state index in [9.17, 15) is 4.79 Å². The summed E-state index contributed by atoms with van der Waals surface area (Å²) in [6.07, 6.45) is 2.49. The topological polar surface area (TPSA) is 58.6 Å². The number of piperidine rings is 1. The number of aryl methyl sites for hydroxylation is 1. The molecular formula is C15H21NO3. The molecule has 1 aromatic rings. The van der Waals surface area contributed by atoms with E-state index in [4.69, 9.17) is 9.84 Å². The van der Waals surface area contributed by atoms with Crippen molar-refractivity contribution in [2.24, 2.45) is 5.92 Å². The van der Waals surface area contributed by atoms with Crippen LogP contribution in [-0.2, 0) is 11.2 Å². The Bertz CT molecular complexity index is 439. The fourth-order valence-corrected chi connectivity index (χ4v) is 2.43. The highest BCUT2D eigenvalue weighted by molar-refractivity contribution is 5.70. The van der Waals surface area contributed by atoms with Crippen LogP contribution in [0.4, 0.5) is 0 Å². The highest BCUT2D eigenvalue weighted by atomic mass is 16.5. The van der Waals surface area contributed by atoms with Crippen LogP contribution in [0.15, 0.2) is 18.2 Å². The molecule has 2 N–H and O–H groups in total. The van der Waals surface area contributed by atoms with Gasteiger partial charge in [-0.2, -0.15) is 0 Å². The van der Waals surface area contributed by atoms with E-state index >= 15 is 0 Å². The van der Waals surface area contributed by atoms with E-state index in [0.29, 0.717) is 5.92 Å². The van der Waals surface area contributed by atoms with Crippen molar-refractivity contribution in [2.45, 2.75) is 26.2 Å². The molecule has 104 valence electrons. The van der Waals surface area contributed by atoms with Crippen LogP contribution in [0.25, 0.3) is 0 Å². The molecule has 0 aliphatic carbocycles. The number of carboxylic acids is 1. The standard InChI is InChI=1S/C15H21NO3/c1-11-7-12(8-15(17)18)4-5-14(11)19-10-13-3-2-6-16-9-13/h4-5,7,13,16H,2-3,6,8-10H2,1H3,(H,17,18). The SMILES string of the molecule is Cc1cc(CC(=O)O)ccc1OCC1CCCNC1. The molecule has 0 amide bonds. The molecule has 0 aromatic heterocycles. The third kappa shape index (κ3) is 4.24. The van der Waals surface area contributed by atoms with Gasteiger partial charge in [0.1, 0.15) is 5.75 Å². The number of rotatable bonds is 5. The van der Waals surface area contributed by atoms with Crippen molar-refractivity contribution in [2.75, 3.05) is 19.7 Å². The average molecular weight is 263 g/mol. The predicted molar refractivity (Wildman–Crippen MR) is 73.6 cm³/mol. The monoisotopic (exact) mass is 263 g/mol. The molecule has 2 rings (SSSR count). The van der Waals surface area contributed by atoms with Crippen LogP contribution in [0.3, 0.4) is 0 Å². The lowest BCUT2D eigenvalue weighted by Crippen LogP contribution is -2.33. The van der Waals surface area contributed by atoms with Crippen LogP contribution < -0.4 is 10.1 Å². The van der Waals surface area contributed by atoms with Crippen molar-refractivity contribution in [1.29, 1.82) is 0 Å². The Morgan fingerprint density at radius 3 is 3.00 bits per heavy atom. The van der Waals surface area contributed by atoms with E-state index in [0.717, 1.165) is 36.6 Å². The second-order valence-electron chi connectivity index (χ2n) is 5.19. The molecule has 0 bridgehead atoms. The van der Waals surface area contributed by atoms with Gasteiger partial charge in [-0.25, -0.2) is 0 Å². The Hall–Kier alpha value is -1.55. The highest BCUT2D eigenvalue weighted by Crippen LogP contribution is 2.21. The van der Waals surface area contributed by atoms with Crippen LogP contribution >= 0.6 is 0 Å². The fraction of sp³-hybridized carbons (Fsp3) is 0.533. The van der Waals surface area contributed by atoms with Crippen LogP contribution in [0.2, 0.25) is 0 Å². The molecule has 1 unspecified atom stereocenters. The van der Waals surface area contributed by atoms with Gasteiger partial charge in [0, 0.05) is 12.5 Å². The molecule has 1 aliphatic rings. The third-order valence-electron chi connectivity index (χ3n) is 3.47. The summed E-state index contributed by atoms with van der Waals surface area (Å²) in [5, 5.41) is 12.1. The molecule has 0 radical (unpaired) electrons. The smallest absolute Gasteiger partial charge is 0.307 e. The zero-order chi connectivity index (χ0) is 13.7. The first-order chi connectivity index (χ1) is 9.15. The largest absolute Gasteiger partial charge is 0.493 e. The summed E-state index contributed by atoms with van der Waals surface area (Å²) in [7, 11) is 0. The van der Waals surface area contributed by atoms with Gasteiger partial charge < -0.3 is 15.2 Å². The summed E-state index contributed by atoms with van der Waals surface area (Å²) in [6.45, 7) is 4.82. The molecule has 1 atom stereocenters. The van der Waals surface area contributed by atoms with E-state index in [1.54, 1.807) is 0 Å². The van der Waals surface area contributed by atoms with Crippen molar-refractivity contribution >= 4 is 5.97 Å². The number of ether oxygens (including phenoxy) is 1. The van der Waals surface area contributed by atoms with Crippen molar-refractivity contribution in [3.05, 3.63) is 29.3 Å². The first kappa shape index (κ1) is 13.9. The Labute approximate surface area is 113 Å². The minimum atomic E-state index is -0.804. The van der Waals surface area contributed by atoms with Crippen LogP contribution in [0.5, 0.6) is 5.75 Å². The normalized spacial score (nSPS) is 19.1. The maximum absolute atomic E-state index is 10.7. The lowest BCUT2D eigenvalue weighted by atomic mass is 10.0. The van der Waals surface area contributed by atoms with Crippen molar-refractivity contribution in [3.63, 3.8) is 0 Å². The highest BCUT2D eigenvalue weighted by Gasteiger charge is 2.14. The average Bonchev–Trinajstić information content (AvgIpc) is 2.38. The molecule has 0 saturated carbocycles. The molecule has 4 nitrogen and oxygen atoms in total. The van der Waals surface area contributed by atoms with Crippen molar-refractivity contribution in [3.8, 4) is 5.75 Å². The summed E-state index contributed by atoms with van der Waals surface area (Å²) >= 11 is 0. The van der Waals surface area contributed by atoms with E-state index in [1.165, 1.54) is 12.8 Å². The Morgan fingerprint density at radius 2 is 2.37 bits per heavy atom. The molecule has 1 aliphatic heterocycles. The minimum Gasteiger partial charge on any atom is -0.493 e. The summed E-state index contributed by atoms with van der Waals surface area (Å²) in [5.41, 5.74) is 1.82. The summed E-state index contributed by atoms with van der Waals surface area (Å²) in [5.74, 6) is 0.632. The minimum absolute atomic E-state index is 0.0632. The van der Waals surface area contributed by atoms with E-state index < -0.39 is 5.97 Å². The number of aliphatic carboxylic acids is 1. The Kier molecular flexibility index (Phi) is 4.80.